The quantitative estimate of drug-likeness (QED) is 0.160. The van der Waals surface area contributed by atoms with E-state index in [1.807, 2.05) is 6.07 Å². The first-order valence-corrected chi connectivity index (χ1v) is 19.7. The number of fused-ring (bicyclic) bond motifs is 5. The van der Waals surface area contributed by atoms with E-state index in [0.29, 0.717) is 17.5 Å². The first-order valence-electron chi connectivity index (χ1n) is 19.7. The van der Waals surface area contributed by atoms with Gasteiger partial charge in [0.1, 0.15) is 0 Å². The van der Waals surface area contributed by atoms with Gasteiger partial charge in [-0.05, 0) is 101 Å². The minimum Gasteiger partial charge on any atom is -0.208 e. The molecule has 0 radical (unpaired) electrons. The van der Waals surface area contributed by atoms with Gasteiger partial charge >= 0.3 is 0 Å². The molecule has 11 rings (SSSR count). The predicted octanol–water partition coefficient (Wildman–Crippen LogP) is 14.5. The van der Waals surface area contributed by atoms with Crippen LogP contribution in [0.15, 0.2) is 212 Å². The van der Waals surface area contributed by atoms with Gasteiger partial charge in [-0.25, -0.2) is 15.0 Å². The first-order chi connectivity index (χ1) is 28.7. The van der Waals surface area contributed by atoms with Crippen molar-refractivity contribution in [3.8, 4) is 67.5 Å². The molecular formula is C55H35N3. The van der Waals surface area contributed by atoms with Crippen LogP contribution in [0.1, 0.15) is 0 Å². The van der Waals surface area contributed by atoms with Crippen LogP contribution in [-0.4, -0.2) is 15.0 Å². The van der Waals surface area contributed by atoms with Crippen molar-refractivity contribution in [2.24, 2.45) is 0 Å². The molecule has 0 atom stereocenters. The van der Waals surface area contributed by atoms with Gasteiger partial charge in [-0.1, -0.05) is 188 Å². The maximum atomic E-state index is 5.12. The van der Waals surface area contributed by atoms with Crippen LogP contribution >= 0.6 is 0 Å². The number of hydrogen-bond acceptors (Lipinski definition) is 3. The van der Waals surface area contributed by atoms with Gasteiger partial charge in [-0.15, -0.1) is 0 Å². The molecule has 11 aromatic rings. The molecule has 0 aliphatic heterocycles. The Labute approximate surface area is 336 Å². The van der Waals surface area contributed by atoms with Gasteiger partial charge in [0, 0.05) is 16.7 Å². The third kappa shape index (κ3) is 6.25. The summed E-state index contributed by atoms with van der Waals surface area (Å²) < 4.78 is 0. The molecular weight excluding hydrogens is 703 g/mol. The molecule has 58 heavy (non-hydrogen) atoms. The Bertz CT molecular complexity index is 3320. The van der Waals surface area contributed by atoms with E-state index in [9.17, 15) is 0 Å². The summed E-state index contributed by atoms with van der Waals surface area (Å²) >= 11 is 0. The summed E-state index contributed by atoms with van der Waals surface area (Å²) in [4.78, 5) is 15.3. The molecule has 0 fully saturated rings. The molecule has 0 aliphatic rings. The Morgan fingerprint density at radius 1 is 0.190 bits per heavy atom. The fourth-order valence-corrected chi connectivity index (χ4v) is 8.15. The average molecular weight is 738 g/mol. The number of rotatable bonds is 6. The smallest absolute Gasteiger partial charge is 0.164 e. The summed E-state index contributed by atoms with van der Waals surface area (Å²) in [5.74, 6) is 1.91. The minimum atomic E-state index is 0.636. The summed E-state index contributed by atoms with van der Waals surface area (Å²) in [6.45, 7) is 0. The summed E-state index contributed by atoms with van der Waals surface area (Å²) in [5, 5.41) is 9.72. The monoisotopic (exact) mass is 737 g/mol. The van der Waals surface area contributed by atoms with Crippen molar-refractivity contribution in [3.05, 3.63) is 212 Å². The Morgan fingerprint density at radius 3 is 1.03 bits per heavy atom. The lowest BCUT2D eigenvalue weighted by atomic mass is 9.95. The highest BCUT2D eigenvalue weighted by Gasteiger charge is 2.15. The topological polar surface area (TPSA) is 38.7 Å². The Morgan fingerprint density at radius 2 is 0.500 bits per heavy atom. The van der Waals surface area contributed by atoms with Crippen LogP contribution < -0.4 is 0 Å². The Hall–Kier alpha value is -7.75. The highest BCUT2D eigenvalue weighted by molar-refractivity contribution is 6.09. The normalized spacial score (nSPS) is 11.4. The average Bonchev–Trinajstić information content (AvgIpc) is 3.31. The Kier molecular flexibility index (Phi) is 8.15. The zero-order valence-electron chi connectivity index (χ0n) is 31.5. The van der Waals surface area contributed by atoms with Gasteiger partial charge in [0.25, 0.3) is 0 Å². The maximum absolute atomic E-state index is 5.12. The summed E-state index contributed by atoms with van der Waals surface area (Å²) in [6.07, 6.45) is 0. The maximum Gasteiger partial charge on any atom is 0.164 e. The molecule has 0 amide bonds. The lowest BCUT2D eigenvalue weighted by Crippen LogP contribution is -2.00. The van der Waals surface area contributed by atoms with E-state index < -0.39 is 0 Å². The fourth-order valence-electron chi connectivity index (χ4n) is 8.15. The predicted molar refractivity (Wildman–Crippen MR) is 242 cm³/mol. The second-order valence-electron chi connectivity index (χ2n) is 14.9. The summed E-state index contributed by atoms with van der Waals surface area (Å²) in [5.41, 5.74) is 9.88. The zero-order chi connectivity index (χ0) is 38.4. The number of nitrogens with zero attached hydrogens (tertiary/aromatic N) is 3. The molecule has 10 aromatic carbocycles. The largest absolute Gasteiger partial charge is 0.208 e. The molecule has 0 bridgehead atoms. The molecule has 0 saturated heterocycles. The number of aromatic nitrogens is 3. The van der Waals surface area contributed by atoms with Gasteiger partial charge in [0.05, 0.1) is 0 Å². The van der Waals surface area contributed by atoms with Crippen LogP contribution in [-0.2, 0) is 0 Å². The first kappa shape index (κ1) is 33.6. The summed E-state index contributed by atoms with van der Waals surface area (Å²) in [7, 11) is 0. The molecule has 270 valence electrons. The zero-order valence-corrected chi connectivity index (χ0v) is 31.5. The van der Waals surface area contributed by atoms with E-state index in [-0.39, 0.29) is 0 Å². The highest BCUT2D eigenvalue weighted by Crippen LogP contribution is 2.35. The van der Waals surface area contributed by atoms with Gasteiger partial charge in [0.2, 0.25) is 0 Å². The molecule has 0 spiro atoms. The van der Waals surface area contributed by atoms with Crippen molar-refractivity contribution in [3.63, 3.8) is 0 Å². The van der Waals surface area contributed by atoms with Gasteiger partial charge in [0.15, 0.2) is 17.5 Å². The standard InChI is InChI=1S/C55H35N3/c1-2-8-36(9-3-1)39-14-20-41(21-15-39)53-56-54(42-22-16-40(17-23-42)45-24-18-37-10-4-6-12-43(37)32-45)58-55(57-53)50-29-31-52-49(35-50)27-26-48-34-47(28-30-51(48)52)46-25-19-38-11-5-7-13-44(38)33-46/h1-35H. The van der Waals surface area contributed by atoms with Crippen molar-refractivity contribution in [1.29, 1.82) is 0 Å². The van der Waals surface area contributed by atoms with Crippen molar-refractivity contribution in [2.75, 3.05) is 0 Å². The fraction of sp³-hybridized carbons (Fsp3) is 0. The molecule has 1 aromatic heterocycles. The molecule has 0 N–H and O–H groups in total. The molecule has 0 aliphatic carbocycles. The van der Waals surface area contributed by atoms with Gasteiger partial charge < -0.3 is 0 Å². The van der Waals surface area contributed by atoms with Crippen LogP contribution in [0.3, 0.4) is 0 Å². The molecule has 3 heteroatoms. The van der Waals surface area contributed by atoms with Crippen molar-refractivity contribution in [2.45, 2.75) is 0 Å². The molecule has 3 nitrogen and oxygen atoms in total. The van der Waals surface area contributed by atoms with E-state index in [0.717, 1.165) is 33.2 Å². The van der Waals surface area contributed by atoms with E-state index in [2.05, 4.69) is 206 Å². The van der Waals surface area contributed by atoms with Crippen LogP contribution in [0.5, 0.6) is 0 Å². The Balaban J connectivity index is 0.978. The van der Waals surface area contributed by atoms with Gasteiger partial charge in [-0.2, -0.15) is 0 Å². The SMILES string of the molecule is c1ccc(-c2ccc(-c3nc(-c4ccc(-c5ccc6ccccc6c5)cc4)nc(-c4ccc5c(ccc6cc(-c7ccc8ccccc8c7)ccc65)c4)n3)cc2)cc1. The lowest BCUT2D eigenvalue weighted by Gasteiger charge is -2.11. The second-order valence-corrected chi connectivity index (χ2v) is 14.9. The van der Waals surface area contributed by atoms with Crippen molar-refractivity contribution >= 4 is 43.1 Å². The van der Waals surface area contributed by atoms with E-state index in [1.165, 1.54) is 60.0 Å². The molecule has 0 saturated carbocycles. The van der Waals surface area contributed by atoms with E-state index in [4.69, 9.17) is 15.0 Å². The number of benzene rings is 10. The third-order valence-electron chi connectivity index (χ3n) is 11.3. The van der Waals surface area contributed by atoms with Crippen LogP contribution in [0.4, 0.5) is 0 Å². The van der Waals surface area contributed by atoms with Crippen molar-refractivity contribution < 1.29 is 0 Å². The van der Waals surface area contributed by atoms with Crippen LogP contribution in [0, 0.1) is 0 Å². The molecule has 0 unspecified atom stereocenters. The lowest BCUT2D eigenvalue weighted by molar-refractivity contribution is 1.07. The van der Waals surface area contributed by atoms with Crippen molar-refractivity contribution in [1.82, 2.24) is 15.0 Å². The summed E-state index contributed by atoms with van der Waals surface area (Å²) in [6, 6.07) is 75.5. The number of hydrogen-bond donors (Lipinski definition) is 0. The van der Waals surface area contributed by atoms with E-state index >= 15 is 0 Å². The third-order valence-corrected chi connectivity index (χ3v) is 11.3. The molecule has 1 heterocycles. The second kappa shape index (κ2) is 14.1. The highest BCUT2D eigenvalue weighted by atomic mass is 15.0. The van der Waals surface area contributed by atoms with Crippen LogP contribution in [0.25, 0.3) is 111 Å². The minimum absolute atomic E-state index is 0.636. The van der Waals surface area contributed by atoms with Gasteiger partial charge in [-0.3, -0.25) is 0 Å². The van der Waals surface area contributed by atoms with E-state index in [1.54, 1.807) is 0 Å². The van der Waals surface area contributed by atoms with Crippen LogP contribution in [0.2, 0.25) is 0 Å².